The highest BCUT2D eigenvalue weighted by molar-refractivity contribution is 5.69. The lowest BCUT2D eigenvalue weighted by Crippen LogP contribution is -2.24. The average molecular weight is 284 g/mol. The van der Waals surface area contributed by atoms with Crippen molar-refractivity contribution in [3.05, 3.63) is 18.7 Å². The number of carbonyl (C=O) groups excluding carboxylic acids is 1. The largest absolute Gasteiger partial charge is 0.466 e. The van der Waals surface area contributed by atoms with Crippen LogP contribution in [0.2, 0.25) is 0 Å². The van der Waals surface area contributed by atoms with Crippen LogP contribution in [0.4, 0.5) is 0 Å². The molecule has 6 nitrogen and oxygen atoms in total. The molecule has 0 aliphatic carbocycles. The van der Waals surface area contributed by atoms with Gasteiger partial charge in [-0.2, -0.15) is 0 Å². The third-order valence-electron chi connectivity index (χ3n) is 2.86. The van der Waals surface area contributed by atoms with Gasteiger partial charge < -0.3 is 19.1 Å². The molecule has 20 heavy (non-hydrogen) atoms. The van der Waals surface area contributed by atoms with Crippen molar-refractivity contribution < 1.29 is 19.4 Å². The van der Waals surface area contributed by atoms with E-state index >= 15 is 0 Å². The van der Waals surface area contributed by atoms with Crippen LogP contribution in [0, 0.1) is 0 Å². The molecule has 6 heteroatoms. The van der Waals surface area contributed by atoms with Gasteiger partial charge in [0, 0.05) is 25.4 Å². The first-order valence-electron chi connectivity index (χ1n) is 7.10. The second-order valence-electron chi connectivity index (χ2n) is 4.55. The standard InChI is InChI=1S/C14H24N2O4/c1-2-19-14(18)6-4-3-5-9-20-13(11-17)10-16-8-7-15-12-16/h7-8,12-13,17H,2-6,9-11H2,1H3. The number of esters is 1. The van der Waals surface area contributed by atoms with E-state index in [2.05, 4.69) is 4.98 Å². The van der Waals surface area contributed by atoms with Gasteiger partial charge in [-0.3, -0.25) is 4.79 Å². The normalized spacial score (nSPS) is 12.3. The minimum absolute atomic E-state index is 0.0129. The highest BCUT2D eigenvalue weighted by Crippen LogP contribution is 2.04. The number of hydrogen-bond acceptors (Lipinski definition) is 5. The van der Waals surface area contributed by atoms with Crippen LogP contribution >= 0.6 is 0 Å². The van der Waals surface area contributed by atoms with Gasteiger partial charge in [0.05, 0.1) is 32.2 Å². The number of ether oxygens (including phenoxy) is 2. The summed E-state index contributed by atoms with van der Waals surface area (Å²) in [6, 6.07) is 0. The third-order valence-corrected chi connectivity index (χ3v) is 2.86. The second kappa shape index (κ2) is 10.4. The number of aliphatic hydroxyl groups is 1. The molecule has 0 amide bonds. The van der Waals surface area contributed by atoms with E-state index in [9.17, 15) is 9.90 Å². The Labute approximate surface area is 119 Å². The topological polar surface area (TPSA) is 73.6 Å². The zero-order chi connectivity index (χ0) is 14.6. The fourth-order valence-corrected chi connectivity index (χ4v) is 1.82. The molecule has 0 bridgehead atoms. The van der Waals surface area contributed by atoms with E-state index in [1.807, 2.05) is 10.8 Å². The quantitative estimate of drug-likeness (QED) is 0.491. The maximum absolute atomic E-state index is 11.1. The number of hydrogen-bond donors (Lipinski definition) is 1. The van der Waals surface area contributed by atoms with Crippen molar-refractivity contribution >= 4 is 5.97 Å². The number of nitrogens with zero attached hydrogens (tertiary/aromatic N) is 2. The molecule has 1 rings (SSSR count). The Balaban J connectivity index is 2.03. The summed E-state index contributed by atoms with van der Waals surface area (Å²) >= 11 is 0. The minimum atomic E-state index is -0.214. The Bertz CT molecular complexity index is 354. The maximum Gasteiger partial charge on any atom is 0.305 e. The van der Waals surface area contributed by atoms with Crippen molar-refractivity contribution in [2.24, 2.45) is 0 Å². The molecule has 0 aliphatic rings. The van der Waals surface area contributed by atoms with E-state index in [0.717, 1.165) is 19.3 Å². The van der Waals surface area contributed by atoms with Crippen LogP contribution in [0.1, 0.15) is 32.6 Å². The van der Waals surface area contributed by atoms with Crippen molar-refractivity contribution in [2.75, 3.05) is 19.8 Å². The Morgan fingerprint density at radius 1 is 1.40 bits per heavy atom. The molecule has 0 spiro atoms. The second-order valence-corrected chi connectivity index (χ2v) is 4.55. The van der Waals surface area contributed by atoms with Crippen LogP contribution in [0.15, 0.2) is 18.7 Å². The van der Waals surface area contributed by atoms with E-state index in [-0.39, 0.29) is 18.7 Å². The number of unbranched alkanes of at least 4 members (excludes halogenated alkanes) is 2. The molecule has 0 radical (unpaired) electrons. The van der Waals surface area contributed by atoms with Gasteiger partial charge in [-0.05, 0) is 19.8 Å². The van der Waals surface area contributed by atoms with E-state index in [1.54, 1.807) is 19.4 Å². The van der Waals surface area contributed by atoms with Crippen molar-refractivity contribution in [1.29, 1.82) is 0 Å². The molecule has 1 N–H and O–H groups in total. The molecule has 0 saturated heterocycles. The first-order chi connectivity index (χ1) is 9.76. The lowest BCUT2D eigenvalue weighted by Gasteiger charge is -2.15. The number of rotatable bonds is 11. The fraction of sp³-hybridized carbons (Fsp3) is 0.714. The summed E-state index contributed by atoms with van der Waals surface area (Å²) in [5, 5.41) is 9.24. The summed E-state index contributed by atoms with van der Waals surface area (Å²) in [7, 11) is 0. The van der Waals surface area contributed by atoms with E-state index in [1.165, 1.54) is 0 Å². The van der Waals surface area contributed by atoms with Crippen molar-refractivity contribution in [3.63, 3.8) is 0 Å². The Morgan fingerprint density at radius 3 is 2.90 bits per heavy atom. The van der Waals surface area contributed by atoms with Gasteiger partial charge >= 0.3 is 5.97 Å². The molecular weight excluding hydrogens is 260 g/mol. The first-order valence-corrected chi connectivity index (χ1v) is 7.10. The predicted molar refractivity (Wildman–Crippen MR) is 74.2 cm³/mol. The highest BCUT2D eigenvalue weighted by atomic mass is 16.5. The SMILES string of the molecule is CCOC(=O)CCCCCOC(CO)Cn1ccnc1. The zero-order valence-electron chi connectivity index (χ0n) is 12.0. The lowest BCUT2D eigenvalue weighted by atomic mass is 10.2. The van der Waals surface area contributed by atoms with E-state index in [4.69, 9.17) is 9.47 Å². The van der Waals surface area contributed by atoms with Gasteiger partial charge in [0.2, 0.25) is 0 Å². The van der Waals surface area contributed by atoms with Gasteiger partial charge in [-0.15, -0.1) is 0 Å². The zero-order valence-corrected chi connectivity index (χ0v) is 12.0. The smallest absolute Gasteiger partial charge is 0.305 e. The van der Waals surface area contributed by atoms with Crippen LogP contribution in [0.5, 0.6) is 0 Å². The molecule has 1 aromatic rings. The average Bonchev–Trinajstić information content (AvgIpc) is 2.94. The molecule has 0 saturated carbocycles. The van der Waals surface area contributed by atoms with Crippen molar-refractivity contribution in [1.82, 2.24) is 9.55 Å². The Morgan fingerprint density at radius 2 is 2.25 bits per heavy atom. The molecule has 1 atom stereocenters. The van der Waals surface area contributed by atoms with E-state index < -0.39 is 0 Å². The van der Waals surface area contributed by atoms with Crippen LogP contribution < -0.4 is 0 Å². The highest BCUT2D eigenvalue weighted by Gasteiger charge is 2.08. The number of aromatic nitrogens is 2. The van der Waals surface area contributed by atoms with Gasteiger partial charge in [-0.25, -0.2) is 4.98 Å². The van der Waals surface area contributed by atoms with Gasteiger partial charge in [-0.1, -0.05) is 6.42 Å². The fourth-order valence-electron chi connectivity index (χ4n) is 1.82. The summed E-state index contributed by atoms with van der Waals surface area (Å²) in [5.41, 5.74) is 0. The van der Waals surface area contributed by atoms with Crippen LogP contribution in [-0.2, 0) is 20.8 Å². The summed E-state index contributed by atoms with van der Waals surface area (Å²) in [6.07, 6.45) is 8.09. The summed E-state index contributed by atoms with van der Waals surface area (Å²) in [4.78, 5) is 15.1. The maximum atomic E-state index is 11.1. The van der Waals surface area contributed by atoms with Crippen LogP contribution in [0.3, 0.4) is 0 Å². The lowest BCUT2D eigenvalue weighted by molar-refractivity contribution is -0.143. The van der Waals surface area contributed by atoms with Crippen LogP contribution in [0.25, 0.3) is 0 Å². The monoisotopic (exact) mass is 284 g/mol. The molecule has 1 unspecified atom stereocenters. The first kappa shape index (κ1) is 16.7. The molecule has 1 heterocycles. The molecule has 114 valence electrons. The summed E-state index contributed by atoms with van der Waals surface area (Å²) in [6.45, 7) is 3.42. The van der Waals surface area contributed by atoms with Gasteiger partial charge in [0.1, 0.15) is 0 Å². The molecule has 0 fully saturated rings. The van der Waals surface area contributed by atoms with Gasteiger partial charge in [0.25, 0.3) is 0 Å². The predicted octanol–water partition coefficient (Wildman–Crippen LogP) is 1.38. The minimum Gasteiger partial charge on any atom is -0.466 e. The summed E-state index contributed by atoms with van der Waals surface area (Å²) < 4.78 is 12.3. The van der Waals surface area contributed by atoms with Crippen LogP contribution in [-0.4, -0.2) is 46.6 Å². The van der Waals surface area contributed by atoms with E-state index in [0.29, 0.717) is 26.2 Å². The third kappa shape index (κ3) is 7.25. The van der Waals surface area contributed by atoms with Crippen molar-refractivity contribution in [3.8, 4) is 0 Å². The summed E-state index contributed by atoms with van der Waals surface area (Å²) in [5.74, 6) is -0.137. The molecule has 0 aromatic carbocycles. The Kier molecular flexibility index (Phi) is 8.66. The molecule has 0 aliphatic heterocycles. The number of carbonyl (C=O) groups is 1. The molecule has 1 aromatic heterocycles. The molecular formula is C14H24N2O4. The van der Waals surface area contributed by atoms with Crippen molar-refractivity contribution in [2.45, 2.75) is 45.3 Å². The number of aliphatic hydroxyl groups excluding tert-OH is 1. The van der Waals surface area contributed by atoms with Gasteiger partial charge in [0.15, 0.2) is 0 Å². The number of imidazole rings is 1. The Hall–Kier alpha value is -1.40.